The lowest BCUT2D eigenvalue weighted by Crippen LogP contribution is -2.36. The molecule has 0 aliphatic rings. The molecule has 2 amide bonds. The number of hydrogen-bond acceptors (Lipinski definition) is 4. The number of carbonyl (C=O) groups excluding carboxylic acids is 1. The summed E-state index contributed by atoms with van der Waals surface area (Å²) in [6, 6.07) is 9.52. The number of urea groups is 1. The zero-order chi connectivity index (χ0) is 12.6. The number of hydrogen-bond donors (Lipinski definition) is 2. The Morgan fingerprint density at radius 3 is 2.78 bits per heavy atom. The Morgan fingerprint density at radius 1 is 1.22 bits per heavy atom. The van der Waals surface area contributed by atoms with Crippen LogP contribution in [0.1, 0.15) is 11.4 Å². The first-order valence-corrected chi connectivity index (χ1v) is 5.65. The van der Waals surface area contributed by atoms with E-state index in [0.29, 0.717) is 25.3 Å². The van der Waals surface area contributed by atoms with Gasteiger partial charge in [-0.3, -0.25) is 0 Å². The molecule has 0 aliphatic heterocycles. The van der Waals surface area contributed by atoms with Gasteiger partial charge in [0.05, 0.1) is 0 Å². The van der Waals surface area contributed by atoms with Crippen LogP contribution in [-0.2, 0) is 13.0 Å². The summed E-state index contributed by atoms with van der Waals surface area (Å²) in [6.07, 6.45) is 1.82. The summed E-state index contributed by atoms with van der Waals surface area (Å²) in [6.45, 7) is 0.981. The van der Waals surface area contributed by atoms with Crippen molar-refractivity contribution in [3.63, 3.8) is 0 Å². The summed E-state index contributed by atoms with van der Waals surface area (Å²) >= 11 is 0. The number of benzene rings is 1. The minimum absolute atomic E-state index is 0.206. The molecule has 0 fully saturated rings. The van der Waals surface area contributed by atoms with Gasteiger partial charge in [0.2, 0.25) is 6.39 Å². The monoisotopic (exact) mass is 246 g/mol. The highest BCUT2D eigenvalue weighted by molar-refractivity contribution is 5.73. The van der Waals surface area contributed by atoms with E-state index in [1.807, 2.05) is 30.3 Å². The first kappa shape index (κ1) is 12.1. The second-order valence-corrected chi connectivity index (χ2v) is 3.69. The van der Waals surface area contributed by atoms with Crippen molar-refractivity contribution in [3.05, 3.63) is 48.1 Å². The van der Waals surface area contributed by atoms with Crippen LogP contribution in [0.2, 0.25) is 0 Å². The van der Waals surface area contributed by atoms with Gasteiger partial charge >= 0.3 is 6.03 Å². The maximum atomic E-state index is 11.5. The first-order valence-electron chi connectivity index (χ1n) is 5.65. The summed E-state index contributed by atoms with van der Waals surface area (Å²) in [5.41, 5.74) is 1.06. The van der Waals surface area contributed by atoms with Gasteiger partial charge in [-0.25, -0.2) is 4.79 Å². The van der Waals surface area contributed by atoms with Gasteiger partial charge in [-0.05, 0) is 5.56 Å². The van der Waals surface area contributed by atoms with Crippen LogP contribution >= 0.6 is 0 Å². The van der Waals surface area contributed by atoms with Gasteiger partial charge in [-0.2, -0.15) is 4.98 Å². The van der Waals surface area contributed by atoms with E-state index in [2.05, 4.69) is 25.3 Å². The van der Waals surface area contributed by atoms with E-state index in [9.17, 15) is 4.79 Å². The number of aromatic nitrogens is 2. The fraction of sp³-hybridized carbons (Fsp3) is 0.250. The normalized spacial score (nSPS) is 10.0. The molecule has 0 aliphatic carbocycles. The Balaban J connectivity index is 1.63. The highest BCUT2D eigenvalue weighted by Crippen LogP contribution is 1.96. The summed E-state index contributed by atoms with van der Waals surface area (Å²) in [7, 11) is 0. The van der Waals surface area contributed by atoms with Gasteiger partial charge in [0.25, 0.3) is 0 Å². The van der Waals surface area contributed by atoms with E-state index in [1.165, 1.54) is 6.39 Å². The molecule has 0 radical (unpaired) electrons. The van der Waals surface area contributed by atoms with E-state index in [4.69, 9.17) is 0 Å². The molecule has 0 saturated heterocycles. The molecule has 6 nitrogen and oxygen atoms in total. The average Bonchev–Trinajstić information content (AvgIpc) is 2.91. The molecular weight excluding hydrogens is 232 g/mol. The summed E-state index contributed by atoms with van der Waals surface area (Å²) < 4.78 is 4.59. The fourth-order valence-corrected chi connectivity index (χ4v) is 1.43. The Labute approximate surface area is 104 Å². The van der Waals surface area contributed by atoms with E-state index >= 15 is 0 Å². The van der Waals surface area contributed by atoms with Crippen LogP contribution in [0, 0.1) is 0 Å². The second kappa shape index (κ2) is 6.39. The lowest BCUT2D eigenvalue weighted by molar-refractivity contribution is 0.240. The van der Waals surface area contributed by atoms with E-state index < -0.39 is 0 Å². The van der Waals surface area contributed by atoms with Crippen LogP contribution in [0.4, 0.5) is 4.79 Å². The minimum Gasteiger partial charge on any atom is -0.343 e. The van der Waals surface area contributed by atoms with Crippen LogP contribution in [0.5, 0.6) is 0 Å². The molecule has 1 heterocycles. The summed E-state index contributed by atoms with van der Waals surface area (Å²) in [5, 5.41) is 9.13. The molecule has 1 aromatic carbocycles. The number of nitrogens with zero attached hydrogens (tertiary/aromatic N) is 2. The first-order chi connectivity index (χ1) is 8.84. The molecule has 0 bridgehead atoms. The van der Waals surface area contributed by atoms with Gasteiger partial charge in [0, 0.05) is 19.5 Å². The van der Waals surface area contributed by atoms with Crippen molar-refractivity contribution in [2.24, 2.45) is 0 Å². The Hall–Kier alpha value is -2.37. The minimum atomic E-state index is -0.206. The molecule has 0 atom stereocenters. The van der Waals surface area contributed by atoms with Crippen molar-refractivity contribution in [1.82, 2.24) is 20.8 Å². The van der Waals surface area contributed by atoms with Crippen LogP contribution in [0.3, 0.4) is 0 Å². The number of rotatable bonds is 5. The van der Waals surface area contributed by atoms with Crippen molar-refractivity contribution >= 4 is 6.03 Å². The Kier molecular flexibility index (Phi) is 4.29. The van der Waals surface area contributed by atoms with Crippen LogP contribution in [-0.4, -0.2) is 22.7 Å². The summed E-state index contributed by atoms with van der Waals surface area (Å²) in [5.74, 6) is 0.582. The zero-order valence-corrected chi connectivity index (χ0v) is 9.80. The topological polar surface area (TPSA) is 80.1 Å². The molecule has 0 spiro atoms. The number of amides is 2. The third-order valence-corrected chi connectivity index (χ3v) is 2.34. The van der Waals surface area contributed by atoms with Crippen molar-refractivity contribution in [1.29, 1.82) is 0 Å². The van der Waals surface area contributed by atoms with Crippen LogP contribution in [0.25, 0.3) is 0 Å². The molecular formula is C12H14N4O2. The lowest BCUT2D eigenvalue weighted by atomic mass is 10.2. The summed E-state index contributed by atoms with van der Waals surface area (Å²) in [4.78, 5) is 15.3. The molecule has 18 heavy (non-hydrogen) atoms. The number of nitrogens with one attached hydrogen (secondary N) is 2. The van der Waals surface area contributed by atoms with Gasteiger partial charge in [-0.15, -0.1) is 0 Å². The van der Waals surface area contributed by atoms with Gasteiger partial charge in [0.1, 0.15) is 0 Å². The quantitative estimate of drug-likeness (QED) is 0.828. The second-order valence-electron chi connectivity index (χ2n) is 3.69. The Morgan fingerprint density at radius 2 is 2.06 bits per heavy atom. The molecule has 2 aromatic rings. The van der Waals surface area contributed by atoms with Crippen molar-refractivity contribution in [2.45, 2.75) is 13.0 Å². The van der Waals surface area contributed by atoms with Crippen molar-refractivity contribution in [3.8, 4) is 0 Å². The highest BCUT2D eigenvalue weighted by Gasteiger charge is 2.02. The smallest absolute Gasteiger partial charge is 0.315 e. The Bertz CT molecular complexity index is 470. The van der Waals surface area contributed by atoms with Gasteiger partial charge in [0.15, 0.2) is 5.82 Å². The van der Waals surface area contributed by atoms with Crippen molar-refractivity contribution < 1.29 is 9.32 Å². The third kappa shape index (κ3) is 3.89. The van der Waals surface area contributed by atoms with Crippen LogP contribution in [0.15, 0.2) is 41.2 Å². The number of carbonyl (C=O) groups is 1. The standard InChI is InChI=1S/C12H14N4O2/c17-12(13-7-6-11-15-9-18-16-11)14-8-10-4-2-1-3-5-10/h1-5,9H,6-8H2,(H2,13,14,17). The predicted molar refractivity (Wildman–Crippen MR) is 64.7 cm³/mol. The molecule has 2 N–H and O–H groups in total. The van der Waals surface area contributed by atoms with Crippen molar-refractivity contribution in [2.75, 3.05) is 6.54 Å². The molecule has 94 valence electrons. The predicted octanol–water partition coefficient (Wildman–Crippen LogP) is 1.11. The zero-order valence-electron chi connectivity index (χ0n) is 9.80. The maximum absolute atomic E-state index is 11.5. The van der Waals surface area contributed by atoms with Crippen LogP contribution < -0.4 is 10.6 Å². The van der Waals surface area contributed by atoms with E-state index in [1.54, 1.807) is 0 Å². The average molecular weight is 246 g/mol. The SMILES string of the molecule is O=C(NCCc1ncon1)NCc1ccccc1. The van der Waals surface area contributed by atoms with E-state index in [-0.39, 0.29) is 6.03 Å². The molecule has 6 heteroatoms. The highest BCUT2D eigenvalue weighted by atomic mass is 16.5. The fourth-order valence-electron chi connectivity index (χ4n) is 1.43. The van der Waals surface area contributed by atoms with Gasteiger partial charge < -0.3 is 15.2 Å². The molecule has 2 rings (SSSR count). The van der Waals surface area contributed by atoms with E-state index in [0.717, 1.165) is 5.56 Å². The van der Waals surface area contributed by atoms with Gasteiger partial charge in [-0.1, -0.05) is 35.5 Å². The molecule has 1 aromatic heterocycles. The maximum Gasteiger partial charge on any atom is 0.315 e. The third-order valence-electron chi connectivity index (χ3n) is 2.34. The molecule has 0 saturated carbocycles. The largest absolute Gasteiger partial charge is 0.343 e. The molecule has 0 unspecified atom stereocenters. The lowest BCUT2D eigenvalue weighted by Gasteiger charge is -2.06.